The highest BCUT2D eigenvalue weighted by atomic mass is 16.5. The van der Waals surface area contributed by atoms with Crippen LogP contribution >= 0.6 is 0 Å². The number of aromatic nitrogens is 1. The molecule has 0 saturated carbocycles. The molecule has 1 aromatic carbocycles. The van der Waals surface area contributed by atoms with E-state index in [1.54, 1.807) is 0 Å². The van der Waals surface area contributed by atoms with Gasteiger partial charge < -0.3 is 15.0 Å². The van der Waals surface area contributed by atoms with E-state index in [4.69, 9.17) is 15.0 Å². The molecule has 0 aliphatic heterocycles. The average molecular weight is 218 g/mol. The third-order valence-electron chi connectivity index (χ3n) is 2.25. The van der Waals surface area contributed by atoms with Crippen molar-refractivity contribution in [1.29, 1.82) is 0 Å². The maximum Gasteiger partial charge on any atom is 0.134 e. The normalized spacial score (nSPS) is 10.4. The Balaban J connectivity index is 2.04. The molecule has 0 spiro atoms. The van der Waals surface area contributed by atoms with E-state index in [9.17, 15) is 0 Å². The van der Waals surface area contributed by atoms with E-state index >= 15 is 0 Å². The van der Waals surface area contributed by atoms with Gasteiger partial charge in [0.15, 0.2) is 0 Å². The second-order valence-electron chi connectivity index (χ2n) is 3.74. The van der Waals surface area contributed by atoms with E-state index in [0.29, 0.717) is 6.61 Å². The molecule has 0 fully saturated rings. The van der Waals surface area contributed by atoms with Crippen LogP contribution in [-0.4, -0.2) is 5.16 Å². The molecule has 1 heterocycles. The lowest BCUT2D eigenvalue weighted by molar-refractivity contribution is 0.286. The lowest BCUT2D eigenvalue weighted by Crippen LogP contribution is -1.97. The summed E-state index contributed by atoms with van der Waals surface area (Å²) >= 11 is 0. The average Bonchev–Trinajstić information content (AvgIpc) is 2.63. The number of anilines is 1. The first-order valence-corrected chi connectivity index (χ1v) is 5.06. The maximum atomic E-state index is 5.66. The van der Waals surface area contributed by atoms with Crippen LogP contribution in [0.5, 0.6) is 5.75 Å². The van der Waals surface area contributed by atoms with E-state index in [0.717, 1.165) is 28.5 Å². The van der Waals surface area contributed by atoms with E-state index in [1.807, 2.05) is 38.1 Å². The zero-order chi connectivity index (χ0) is 11.5. The molecule has 4 heteroatoms. The van der Waals surface area contributed by atoms with Crippen LogP contribution in [0.15, 0.2) is 28.8 Å². The van der Waals surface area contributed by atoms with Gasteiger partial charge >= 0.3 is 0 Å². The minimum Gasteiger partial charge on any atom is -0.487 e. The van der Waals surface area contributed by atoms with Crippen molar-refractivity contribution < 1.29 is 9.26 Å². The van der Waals surface area contributed by atoms with Crippen LogP contribution in [0.4, 0.5) is 5.69 Å². The summed E-state index contributed by atoms with van der Waals surface area (Å²) in [5.74, 6) is 1.60. The number of ether oxygens (including phenoxy) is 1. The van der Waals surface area contributed by atoms with Gasteiger partial charge in [0.2, 0.25) is 0 Å². The zero-order valence-corrected chi connectivity index (χ0v) is 9.36. The molecular weight excluding hydrogens is 204 g/mol. The third kappa shape index (κ3) is 2.34. The summed E-state index contributed by atoms with van der Waals surface area (Å²) < 4.78 is 10.6. The molecule has 4 nitrogen and oxygen atoms in total. The summed E-state index contributed by atoms with van der Waals surface area (Å²) in [4.78, 5) is 0. The number of hydrogen-bond donors (Lipinski definition) is 1. The van der Waals surface area contributed by atoms with Crippen molar-refractivity contribution in [2.75, 3.05) is 5.73 Å². The molecule has 2 N–H and O–H groups in total. The number of nitrogen functional groups attached to an aromatic ring is 1. The van der Waals surface area contributed by atoms with Crippen molar-refractivity contribution >= 4 is 5.69 Å². The van der Waals surface area contributed by atoms with Crippen molar-refractivity contribution in [1.82, 2.24) is 5.16 Å². The van der Waals surface area contributed by atoms with Crippen molar-refractivity contribution in [2.24, 2.45) is 0 Å². The molecular formula is C12H14N2O2. The summed E-state index contributed by atoms with van der Waals surface area (Å²) in [6.07, 6.45) is 0. The molecule has 0 aliphatic rings. The predicted molar refractivity (Wildman–Crippen MR) is 61.2 cm³/mol. The Morgan fingerprint density at radius 1 is 1.31 bits per heavy atom. The van der Waals surface area contributed by atoms with Crippen LogP contribution in [-0.2, 0) is 6.61 Å². The Kier molecular flexibility index (Phi) is 2.81. The van der Waals surface area contributed by atoms with Gasteiger partial charge in [-0.3, -0.25) is 0 Å². The number of aryl methyl sites for hydroxylation is 2. The van der Waals surface area contributed by atoms with Crippen LogP contribution < -0.4 is 10.5 Å². The highest BCUT2D eigenvalue weighted by Gasteiger charge is 2.03. The van der Waals surface area contributed by atoms with Crippen LogP contribution in [0.2, 0.25) is 0 Å². The highest BCUT2D eigenvalue weighted by Crippen LogP contribution is 2.21. The Labute approximate surface area is 94.0 Å². The first-order chi connectivity index (χ1) is 7.65. The van der Waals surface area contributed by atoms with Gasteiger partial charge in [-0.2, -0.15) is 0 Å². The standard InChI is InChI=1S/C12H14N2O2/c1-8-5-10(13)3-4-12(8)15-7-11-6-9(2)16-14-11/h3-6H,7,13H2,1-2H3. The number of nitrogens with zero attached hydrogens (tertiary/aromatic N) is 1. The van der Waals surface area contributed by atoms with Gasteiger partial charge in [-0.15, -0.1) is 0 Å². The fraction of sp³-hybridized carbons (Fsp3) is 0.250. The fourth-order valence-corrected chi connectivity index (χ4v) is 1.47. The molecule has 0 radical (unpaired) electrons. The molecule has 0 atom stereocenters. The fourth-order valence-electron chi connectivity index (χ4n) is 1.47. The summed E-state index contributed by atoms with van der Waals surface area (Å²) in [7, 11) is 0. The number of nitrogens with two attached hydrogens (primary N) is 1. The second-order valence-corrected chi connectivity index (χ2v) is 3.74. The molecule has 84 valence electrons. The largest absolute Gasteiger partial charge is 0.487 e. The van der Waals surface area contributed by atoms with Crippen LogP contribution in [0.1, 0.15) is 17.0 Å². The monoisotopic (exact) mass is 218 g/mol. The van der Waals surface area contributed by atoms with Crippen molar-refractivity contribution in [3.63, 3.8) is 0 Å². The van der Waals surface area contributed by atoms with Gasteiger partial charge in [0.25, 0.3) is 0 Å². The summed E-state index contributed by atoms with van der Waals surface area (Å²) in [5.41, 5.74) is 8.19. The van der Waals surface area contributed by atoms with Gasteiger partial charge in [-0.05, 0) is 37.6 Å². The lowest BCUT2D eigenvalue weighted by Gasteiger charge is -2.07. The molecule has 0 aliphatic carbocycles. The first-order valence-electron chi connectivity index (χ1n) is 5.06. The summed E-state index contributed by atoms with van der Waals surface area (Å²) in [5, 5.41) is 3.85. The summed E-state index contributed by atoms with van der Waals surface area (Å²) in [6.45, 7) is 4.22. The molecule has 2 aromatic rings. The first kappa shape index (κ1) is 10.5. The van der Waals surface area contributed by atoms with Gasteiger partial charge in [-0.1, -0.05) is 5.16 Å². The molecule has 0 bridgehead atoms. The minimum atomic E-state index is 0.405. The topological polar surface area (TPSA) is 61.3 Å². The predicted octanol–water partition coefficient (Wildman–Crippen LogP) is 2.45. The van der Waals surface area contributed by atoms with Crippen LogP contribution in [0, 0.1) is 13.8 Å². The van der Waals surface area contributed by atoms with Crippen molar-refractivity contribution in [3.05, 3.63) is 41.3 Å². The molecule has 0 unspecified atom stereocenters. The molecule has 2 rings (SSSR count). The zero-order valence-electron chi connectivity index (χ0n) is 9.36. The van der Waals surface area contributed by atoms with Gasteiger partial charge in [0.05, 0.1) is 0 Å². The third-order valence-corrected chi connectivity index (χ3v) is 2.25. The lowest BCUT2D eigenvalue weighted by atomic mass is 10.2. The smallest absolute Gasteiger partial charge is 0.134 e. The van der Waals surface area contributed by atoms with E-state index in [-0.39, 0.29) is 0 Å². The van der Waals surface area contributed by atoms with Crippen LogP contribution in [0.3, 0.4) is 0 Å². The van der Waals surface area contributed by atoms with Crippen LogP contribution in [0.25, 0.3) is 0 Å². The number of hydrogen-bond acceptors (Lipinski definition) is 4. The van der Waals surface area contributed by atoms with E-state index < -0.39 is 0 Å². The Bertz CT molecular complexity index is 492. The Morgan fingerprint density at radius 2 is 2.12 bits per heavy atom. The molecule has 1 aromatic heterocycles. The maximum absolute atomic E-state index is 5.66. The number of benzene rings is 1. The Hall–Kier alpha value is -1.97. The second kappa shape index (κ2) is 4.26. The molecule has 16 heavy (non-hydrogen) atoms. The minimum absolute atomic E-state index is 0.405. The van der Waals surface area contributed by atoms with E-state index in [2.05, 4.69) is 5.16 Å². The molecule has 0 amide bonds. The van der Waals surface area contributed by atoms with Crippen molar-refractivity contribution in [2.45, 2.75) is 20.5 Å². The Morgan fingerprint density at radius 3 is 2.75 bits per heavy atom. The van der Waals surface area contributed by atoms with E-state index in [1.165, 1.54) is 0 Å². The van der Waals surface area contributed by atoms with Gasteiger partial charge in [0, 0.05) is 11.8 Å². The quantitative estimate of drug-likeness (QED) is 0.804. The molecule has 0 saturated heterocycles. The highest BCUT2D eigenvalue weighted by molar-refractivity contribution is 5.47. The number of rotatable bonds is 3. The van der Waals surface area contributed by atoms with Crippen molar-refractivity contribution in [3.8, 4) is 5.75 Å². The van der Waals surface area contributed by atoms with Gasteiger partial charge in [0.1, 0.15) is 23.8 Å². The summed E-state index contributed by atoms with van der Waals surface area (Å²) in [6, 6.07) is 7.41. The SMILES string of the molecule is Cc1cc(COc2ccc(N)cc2C)no1. The van der Waals surface area contributed by atoms with Gasteiger partial charge in [-0.25, -0.2) is 0 Å².